The zero-order valence-electron chi connectivity index (χ0n) is 10.1. The lowest BCUT2D eigenvalue weighted by atomic mass is 10.3. The fourth-order valence-corrected chi connectivity index (χ4v) is 1.68. The van der Waals surface area contributed by atoms with E-state index in [1.807, 2.05) is 0 Å². The standard InChI is InChI=1S/C8H7N5O6S/c1-8(2)18-4(14)3(5(15)19-8)9-10-6-11-12-7(20-6)13(16)17/h1-2H3,(H,10,11). The molecule has 1 N–H and O–H groups in total. The summed E-state index contributed by atoms with van der Waals surface area (Å²) in [5.74, 6) is -3.31. The normalized spacial score (nSPS) is 17.2. The van der Waals surface area contributed by atoms with Crippen LogP contribution in [0.1, 0.15) is 13.8 Å². The van der Waals surface area contributed by atoms with Crippen LogP contribution >= 0.6 is 11.3 Å². The number of ether oxygens (including phenoxy) is 2. The molecule has 1 fully saturated rings. The van der Waals surface area contributed by atoms with E-state index in [9.17, 15) is 19.7 Å². The highest BCUT2D eigenvalue weighted by Crippen LogP contribution is 2.22. The van der Waals surface area contributed by atoms with E-state index in [0.717, 1.165) is 0 Å². The van der Waals surface area contributed by atoms with E-state index in [1.165, 1.54) is 13.8 Å². The van der Waals surface area contributed by atoms with Crippen molar-refractivity contribution >= 4 is 39.3 Å². The molecule has 0 spiro atoms. The molecule has 1 aromatic heterocycles. The third-order valence-electron chi connectivity index (χ3n) is 1.90. The number of carbonyl (C=O) groups excluding carboxylic acids is 2. The number of carbonyl (C=O) groups is 2. The summed E-state index contributed by atoms with van der Waals surface area (Å²) in [5.41, 5.74) is 1.58. The number of nitro groups is 1. The topological polar surface area (TPSA) is 146 Å². The van der Waals surface area contributed by atoms with Crippen molar-refractivity contribution in [2.45, 2.75) is 19.6 Å². The molecular formula is C8H7N5O6S. The number of anilines is 1. The Morgan fingerprint density at radius 2 is 1.90 bits per heavy atom. The second-order valence-electron chi connectivity index (χ2n) is 3.90. The number of nitrogens with zero attached hydrogens (tertiary/aromatic N) is 4. The molecule has 1 aromatic rings. The highest BCUT2D eigenvalue weighted by molar-refractivity contribution is 7.18. The number of hydrogen-bond acceptors (Lipinski definition) is 11. The van der Waals surface area contributed by atoms with E-state index in [4.69, 9.17) is 9.47 Å². The van der Waals surface area contributed by atoms with Gasteiger partial charge in [0.2, 0.25) is 0 Å². The molecule has 0 aromatic carbocycles. The van der Waals surface area contributed by atoms with Crippen molar-refractivity contribution in [2.75, 3.05) is 5.43 Å². The minimum atomic E-state index is -1.37. The van der Waals surface area contributed by atoms with E-state index >= 15 is 0 Å². The van der Waals surface area contributed by atoms with Crippen LogP contribution in [-0.2, 0) is 19.1 Å². The van der Waals surface area contributed by atoms with E-state index in [2.05, 4.69) is 20.7 Å². The molecule has 1 aliphatic rings. The Bertz CT molecular complexity index is 601. The SMILES string of the molecule is CC1(C)OC(=O)C(=NNc2nnc([N+](=O)[O-])s2)C(=O)O1. The molecule has 2 rings (SSSR count). The van der Waals surface area contributed by atoms with Gasteiger partial charge in [0.05, 0.1) is 5.10 Å². The number of cyclic esters (lactones) is 2. The number of nitrogens with one attached hydrogen (secondary N) is 1. The molecule has 2 heterocycles. The molecule has 1 aliphatic heterocycles. The van der Waals surface area contributed by atoms with Crippen molar-refractivity contribution in [3.05, 3.63) is 10.1 Å². The quantitative estimate of drug-likeness (QED) is 0.464. The van der Waals surface area contributed by atoms with Crippen LogP contribution in [0.5, 0.6) is 0 Å². The first-order valence-corrected chi connectivity index (χ1v) is 5.88. The maximum atomic E-state index is 11.5. The average molecular weight is 301 g/mol. The van der Waals surface area contributed by atoms with Gasteiger partial charge in [-0.2, -0.15) is 5.10 Å². The molecule has 11 nitrogen and oxygen atoms in total. The summed E-state index contributed by atoms with van der Waals surface area (Å²) >= 11 is 0.588. The van der Waals surface area contributed by atoms with E-state index in [-0.39, 0.29) is 5.13 Å². The van der Waals surface area contributed by atoms with Crippen molar-refractivity contribution in [2.24, 2.45) is 5.10 Å². The monoisotopic (exact) mass is 301 g/mol. The maximum Gasteiger partial charge on any atom is 0.452 e. The van der Waals surface area contributed by atoms with Crippen molar-refractivity contribution in [3.63, 3.8) is 0 Å². The van der Waals surface area contributed by atoms with Crippen LogP contribution in [0.2, 0.25) is 0 Å². The number of rotatable bonds is 3. The van der Waals surface area contributed by atoms with Crippen LogP contribution in [0.4, 0.5) is 10.3 Å². The average Bonchev–Trinajstić information content (AvgIpc) is 2.75. The first kappa shape index (κ1) is 13.8. The zero-order chi connectivity index (χ0) is 14.9. The minimum absolute atomic E-state index is 0.0605. The molecule has 0 radical (unpaired) electrons. The summed E-state index contributed by atoms with van der Waals surface area (Å²) in [7, 11) is 0. The predicted octanol–water partition coefficient (Wildman–Crippen LogP) is 0.0503. The van der Waals surface area contributed by atoms with Crippen molar-refractivity contribution in [3.8, 4) is 0 Å². The molecule has 12 heteroatoms. The summed E-state index contributed by atoms with van der Waals surface area (Å²) in [5, 5.41) is 20.0. The fourth-order valence-electron chi connectivity index (χ4n) is 1.18. The van der Waals surface area contributed by atoms with Gasteiger partial charge in [-0.3, -0.25) is 0 Å². The molecule has 20 heavy (non-hydrogen) atoms. The Labute approximate surface area is 114 Å². The first-order valence-electron chi connectivity index (χ1n) is 5.07. The van der Waals surface area contributed by atoms with Crippen molar-refractivity contribution in [1.82, 2.24) is 10.2 Å². The van der Waals surface area contributed by atoms with Gasteiger partial charge in [0.25, 0.3) is 16.6 Å². The van der Waals surface area contributed by atoms with Crippen LogP contribution < -0.4 is 5.43 Å². The Hall–Kier alpha value is -2.63. The molecule has 0 amide bonds. The summed E-state index contributed by atoms with van der Waals surface area (Å²) in [6.07, 6.45) is 0. The van der Waals surface area contributed by atoms with E-state index in [0.29, 0.717) is 11.3 Å². The van der Waals surface area contributed by atoms with Gasteiger partial charge in [0, 0.05) is 25.2 Å². The second-order valence-corrected chi connectivity index (χ2v) is 4.85. The number of hydrazone groups is 1. The number of aromatic nitrogens is 2. The van der Waals surface area contributed by atoms with Gasteiger partial charge in [0.1, 0.15) is 0 Å². The Kier molecular flexibility index (Phi) is 3.31. The Balaban J connectivity index is 2.12. The Morgan fingerprint density at radius 1 is 1.30 bits per heavy atom. The molecule has 1 saturated heterocycles. The number of esters is 2. The van der Waals surface area contributed by atoms with Crippen molar-refractivity contribution < 1.29 is 24.0 Å². The van der Waals surface area contributed by atoms with Gasteiger partial charge in [-0.15, -0.1) is 0 Å². The third-order valence-corrected chi connectivity index (χ3v) is 2.68. The van der Waals surface area contributed by atoms with Crippen LogP contribution in [0.15, 0.2) is 5.10 Å². The summed E-state index contributed by atoms with van der Waals surface area (Å²) in [6.45, 7) is 2.78. The van der Waals surface area contributed by atoms with Crippen LogP contribution in [0.3, 0.4) is 0 Å². The van der Waals surface area contributed by atoms with E-state index < -0.39 is 33.5 Å². The highest BCUT2D eigenvalue weighted by atomic mass is 32.1. The van der Waals surface area contributed by atoms with E-state index in [1.54, 1.807) is 0 Å². The molecule has 0 unspecified atom stereocenters. The summed E-state index contributed by atoms with van der Waals surface area (Å²) in [4.78, 5) is 32.7. The van der Waals surface area contributed by atoms with Gasteiger partial charge >= 0.3 is 17.1 Å². The predicted molar refractivity (Wildman–Crippen MR) is 63.9 cm³/mol. The Morgan fingerprint density at radius 3 is 2.40 bits per heavy atom. The van der Waals surface area contributed by atoms with Gasteiger partial charge in [0.15, 0.2) is 0 Å². The summed E-state index contributed by atoms with van der Waals surface area (Å²) < 4.78 is 9.59. The molecular weight excluding hydrogens is 294 g/mol. The molecule has 0 atom stereocenters. The molecule has 0 bridgehead atoms. The fraction of sp³-hybridized carbons (Fsp3) is 0.375. The lowest BCUT2D eigenvalue weighted by molar-refractivity contribution is -0.385. The van der Waals surface area contributed by atoms with Crippen LogP contribution in [0.25, 0.3) is 0 Å². The van der Waals surface area contributed by atoms with Gasteiger partial charge in [-0.05, 0) is 10.0 Å². The lowest BCUT2D eigenvalue weighted by Gasteiger charge is -2.28. The maximum absolute atomic E-state index is 11.5. The van der Waals surface area contributed by atoms with Crippen molar-refractivity contribution in [1.29, 1.82) is 0 Å². The second kappa shape index (κ2) is 4.80. The minimum Gasteiger partial charge on any atom is -0.418 e. The van der Waals surface area contributed by atoms with Gasteiger partial charge < -0.3 is 19.6 Å². The number of hydrogen-bond donors (Lipinski definition) is 1. The molecule has 0 saturated carbocycles. The molecule has 0 aliphatic carbocycles. The summed E-state index contributed by atoms with van der Waals surface area (Å²) in [6, 6.07) is 0. The van der Waals surface area contributed by atoms with Crippen LogP contribution in [0, 0.1) is 10.1 Å². The smallest absolute Gasteiger partial charge is 0.418 e. The van der Waals surface area contributed by atoms with Crippen LogP contribution in [-0.4, -0.2) is 38.6 Å². The third kappa shape index (κ3) is 2.85. The lowest BCUT2D eigenvalue weighted by Crippen LogP contribution is -2.47. The molecule has 106 valence electrons. The first-order chi connectivity index (χ1) is 9.28. The zero-order valence-corrected chi connectivity index (χ0v) is 11.0. The largest absolute Gasteiger partial charge is 0.452 e. The van der Waals surface area contributed by atoms with Gasteiger partial charge in [-0.25, -0.2) is 15.0 Å². The highest BCUT2D eigenvalue weighted by Gasteiger charge is 2.40. The van der Waals surface area contributed by atoms with Gasteiger partial charge in [-0.1, -0.05) is 0 Å².